The van der Waals surface area contributed by atoms with Gasteiger partial charge in [0, 0.05) is 18.6 Å². The minimum atomic E-state index is -4.88. The number of oxazole rings is 3. The van der Waals surface area contributed by atoms with Gasteiger partial charge in [0.15, 0.2) is 0 Å². The van der Waals surface area contributed by atoms with Crippen LogP contribution in [-0.2, 0) is 18.6 Å². The van der Waals surface area contributed by atoms with E-state index in [1.165, 1.54) is 0 Å². The van der Waals surface area contributed by atoms with Gasteiger partial charge in [0.05, 0.1) is 17.1 Å². The summed E-state index contributed by atoms with van der Waals surface area (Å²) in [6, 6.07) is 0. The van der Waals surface area contributed by atoms with Gasteiger partial charge in [0.2, 0.25) is 17.7 Å². The summed E-state index contributed by atoms with van der Waals surface area (Å²) in [5.74, 6) is -5.69. The summed E-state index contributed by atoms with van der Waals surface area (Å²) in [6.07, 6.45) is -13.6. The molecule has 43 heavy (non-hydrogen) atoms. The van der Waals surface area contributed by atoms with Gasteiger partial charge in [-0.2, -0.15) is 39.5 Å². The van der Waals surface area contributed by atoms with E-state index in [9.17, 15) is 54.8 Å². The summed E-state index contributed by atoms with van der Waals surface area (Å²) in [6.45, 7) is 9.39. The number of hydrogen-bond acceptors (Lipinski definition) is 9. The molecule has 0 spiro atoms. The SMILES string of the molecule is Cc1nc(/C=C(\[O-])C(F)(F)F)oc1C.Cc1nc(/C=C(\[O-])C(F)(F)F)oc1C.Cc1nc(/C=C(\[O-])C(F)(F)F)oc1C.[V]. The molecule has 3 rings (SSSR count). The molecule has 3 aromatic rings. The van der Waals surface area contributed by atoms with Gasteiger partial charge in [-0.3, -0.25) is 0 Å². The second-order valence-electron chi connectivity index (χ2n) is 8.10. The molecule has 0 amide bonds. The van der Waals surface area contributed by atoms with Crippen LogP contribution in [0.25, 0.3) is 18.2 Å². The predicted octanol–water partition coefficient (Wildman–Crippen LogP) is 4.66. The molecule has 1 radical (unpaired) electrons. The van der Waals surface area contributed by atoms with Gasteiger partial charge in [-0.1, -0.05) is 0 Å². The molecular weight excluding hydrogens is 648 g/mol. The average Bonchev–Trinajstić information content (AvgIpc) is 3.42. The monoisotopic (exact) mass is 669 g/mol. The van der Waals surface area contributed by atoms with E-state index in [1.807, 2.05) is 0 Å². The van der Waals surface area contributed by atoms with Gasteiger partial charge in [0.25, 0.3) is 0 Å². The quantitative estimate of drug-likeness (QED) is 0.287. The number of allylic oxidation sites excluding steroid dienone is 3. The van der Waals surface area contributed by atoms with Crippen LogP contribution in [0.5, 0.6) is 0 Å². The third kappa shape index (κ3) is 12.9. The number of hydrogen-bond donors (Lipinski definition) is 0. The predicted molar refractivity (Wildman–Crippen MR) is 120 cm³/mol. The first-order chi connectivity index (χ1) is 18.9. The molecule has 9 nitrogen and oxygen atoms in total. The van der Waals surface area contributed by atoms with Crippen LogP contribution in [0, 0.1) is 41.5 Å². The maximum Gasteiger partial charge on any atom is 0.402 e. The number of halogens is 9. The number of alkyl halides is 9. The first-order valence-corrected chi connectivity index (χ1v) is 11.1. The van der Waals surface area contributed by atoms with Crippen molar-refractivity contribution in [3.05, 3.63) is 69.3 Å². The third-order valence-electron chi connectivity index (χ3n) is 4.74. The van der Waals surface area contributed by atoms with Crippen LogP contribution in [0.15, 0.2) is 30.5 Å². The Kier molecular flexibility index (Phi) is 13.8. The van der Waals surface area contributed by atoms with E-state index in [4.69, 9.17) is 13.3 Å². The van der Waals surface area contributed by atoms with Crippen molar-refractivity contribution in [2.45, 2.75) is 60.1 Å². The van der Waals surface area contributed by atoms with E-state index in [1.54, 1.807) is 41.5 Å². The van der Waals surface area contributed by atoms with Crippen molar-refractivity contribution >= 4 is 18.2 Å². The Bertz CT molecular complexity index is 1220. The minimum Gasteiger partial charge on any atom is -0.869 e. The van der Waals surface area contributed by atoms with Crippen molar-refractivity contribution in [2.75, 3.05) is 0 Å². The average molecular weight is 669 g/mol. The van der Waals surface area contributed by atoms with Gasteiger partial charge in [-0.25, -0.2) is 15.0 Å². The molecule has 3 aromatic heterocycles. The summed E-state index contributed by atoms with van der Waals surface area (Å²) < 4.78 is 121. The third-order valence-corrected chi connectivity index (χ3v) is 4.74. The summed E-state index contributed by atoms with van der Waals surface area (Å²) in [5.41, 5.74) is 1.39. The van der Waals surface area contributed by atoms with Crippen LogP contribution in [0.4, 0.5) is 39.5 Å². The number of nitrogens with zero attached hydrogens (tertiary/aromatic N) is 3. The topological polar surface area (TPSA) is 147 Å². The first-order valence-electron chi connectivity index (χ1n) is 11.1. The van der Waals surface area contributed by atoms with Crippen LogP contribution in [0.1, 0.15) is 52.0 Å². The molecule has 0 aliphatic rings. The summed E-state index contributed by atoms with van der Waals surface area (Å²) in [4.78, 5) is 10.9. The van der Waals surface area contributed by atoms with Crippen molar-refractivity contribution in [3.63, 3.8) is 0 Å². The van der Waals surface area contributed by atoms with E-state index < -0.39 is 35.8 Å². The zero-order valence-corrected chi connectivity index (χ0v) is 24.3. The summed E-state index contributed by atoms with van der Waals surface area (Å²) >= 11 is 0. The zero-order valence-electron chi connectivity index (χ0n) is 22.9. The molecule has 0 saturated carbocycles. The fourth-order valence-electron chi connectivity index (χ4n) is 2.26. The molecule has 239 valence electrons. The molecule has 0 N–H and O–H groups in total. The molecular formula is C24H21F9N3O6V-3. The second-order valence-corrected chi connectivity index (χ2v) is 8.10. The molecule has 19 heteroatoms. The normalized spacial score (nSPS) is 13.0. The maximum absolute atomic E-state index is 11.8. The molecule has 0 aliphatic carbocycles. The molecule has 3 heterocycles. The fraction of sp³-hybridized carbons (Fsp3) is 0.375. The standard InChI is InChI=1S/3C8H8F3NO2.V/c3*1-4-5(2)14-7(12-4)3-6(13)8(9,10)11;/h3*3,13H,1-2H3;/p-3/b3*6-3-;. The number of aryl methyl sites for hydroxylation is 6. The molecule has 0 atom stereocenters. The Balaban J connectivity index is 0.000000608. The van der Waals surface area contributed by atoms with Crippen LogP contribution in [0.3, 0.4) is 0 Å². The molecule has 0 aliphatic heterocycles. The molecule has 0 aromatic carbocycles. The Morgan fingerprint density at radius 2 is 0.674 bits per heavy atom. The molecule has 0 fully saturated rings. The number of rotatable bonds is 3. The van der Waals surface area contributed by atoms with Crippen LogP contribution in [-0.4, -0.2) is 33.5 Å². The Morgan fingerprint density at radius 1 is 0.488 bits per heavy atom. The number of aromatic nitrogens is 3. The van der Waals surface area contributed by atoms with Gasteiger partial charge in [0.1, 0.15) is 17.3 Å². The van der Waals surface area contributed by atoms with E-state index in [2.05, 4.69) is 15.0 Å². The summed E-state index contributed by atoms with van der Waals surface area (Å²) in [7, 11) is 0. The van der Waals surface area contributed by atoms with E-state index >= 15 is 0 Å². The Morgan fingerprint density at radius 3 is 0.791 bits per heavy atom. The van der Waals surface area contributed by atoms with Crippen molar-refractivity contribution in [1.29, 1.82) is 0 Å². The van der Waals surface area contributed by atoms with Gasteiger partial charge in [-0.15, -0.1) is 0 Å². The Labute approximate surface area is 249 Å². The van der Waals surface area contributed by atoms with E-state index in [0.29, 0.717) is 52.6 Å². The molecule has 0 unspecified atom stereocenters. The van der Waals surface area contributed by atoms with Crippen LogP contribution < -0.4 is 15.3 Å². The van der Waals surface area contributed by atoms with Crippen molar-refractivity contribution in [2.24, 2.45) is 0 Å². The van der Waals surface area contributed by atoms with Crippen molar-refractivity contribution in [1.82, 2.24) is 15.0 Å². The Hall–Kier alpha value is -3.80. The fourth-order valence-corrected chi connectivity index (χ4v) is 2.26. The summed E-state index contributed by atoms with van der Waals surface area (Å²) in [5, 5.41) is 31.4. The van der Waals surface area contributed by atoms with Crippen molar-refractivity contribution < 1.29 is 86.6 Å². The first kappa shape index (κ1) is 39.2. The second kappa shape index (κ2) is 15.1. The van der Waals surface area contributed by atoms with Crippen LogP contribution in [0.2, 0.25) is 0 Å². The van der Waals surface area contributed by atoms with Crippen LogP contribution >= 0.6 is 0 Å². The van der Waals surface area contributed by atoms with E-state index in [-0.39, 0.29) is 36.2 Å². The molecule has 0 saturated heterocycles. The van der Waals surface area contributed by atoms with E-state index in [0.717, 1.165) is 0 Å². The van der Waals surface area contributed by atoms with Gasteiger partial charge < -0.3 is 28.6 Å². The molecule has 0 bridgehead atoms. The largest absolute Gasteiger partial charge is 0.869 e. The zero-order chi connectivity index (χ0) is 32.8. The minimum absolute atomic E-state index is 0. The van der Waals surface area contributed by atoms with Gasteiger partial charge in [-0.05, 0) is 77.0 Å². The van der Waals surface area contributed by atoms with Crippen molar-refractivity contribution in [3.8, 4) is 0 Å². The van der Waals surface area contributed by atoms with Gasteiger partial charge >= 0.3 is 18.5 Å². The smallest absolute Gasteiger partial charge is 0.402 e. The maximum atomic E-state index is 11.8.